The van der Waals surface area contributed by atoms with Crippen molar-refractivity contribution in [1.29, 1.82) is 0 Å². The molecule has 3 heteroatoms. The van der Waals surface area contributed by atoms with Gasteiger partial charge in [0.2, 0.25) is 0 Å². The van der Waals surface area contributed by atoms with Gasteiger partial charge in [0.25, 0.3) is 0 Å². The quantitative estimate of drug-likeness (QED) is 0.880. The standard InChI is InChI=1S/C16H20FNO/c1-18-10-12(9-11-5-2-3-8-15(11)19)13-6-4-7-14(17)16(13)18/h4,6-7,10-11,15,19H,2-3,5,8-9H2,1H3. The fourth-order valence-electron chi connectivity index (χ4n) is 3.37. The van der Waals surface area contributed by atoms with Gasteiger partial charge >= 0.3 is 0 Å². The predicted octanol–water partition coefficient (Wildman–Crippen LogP) is 3.41. The molecule has 1 saturated carbocycles. The molecule has 0 radical (unpaired) electrons. The number of aliphatic hydroxyl groups excluding tert-OH is 1. The highest BCUT2D eigenvalue weighted by Gasteiger charge is 2.24. The number of halogens is 1. The first kappa shape index (κ1) is 12.7. The summed E-state index contributed by atoms with van der Waals surface area (Å²) < 4.78 is 15.7. The van der Waals surface area contributed by atoms with E-state index in [0.717, 1.165) is 36.6 Å². The van der Waals surface area contributed by atoms with Crippen LogP contribution >= 0.6 is 0 Å². The van der Waals surface area contributed by atoms with Gasteiger partial charge in [-0.2, -0.15) is 0 Å². The molecule has 1 aliphatic rings. The van der Waals surface area contributed by atoms with Gasteiger partial charge in [-0.3, -0.25) is 0 Å². The molecule has 0 bridgehead atoms. The van der Waals surface area contributed by atoms with Crippen molar-refractivity contribution in [2.75, 3.05) is 0 Å². The lowest BCUT2D eigenvalue weighted by Gasteiger charge is -2.27. The summed E-state index contributed by atoms with van der Waals surface area (Å²) in [5.74, 6) is 0.151. The maximum atomic E-state index is 13.8. The lowest BCUT2D eigenvalue weighted by molar-refractivity contribution is 0.0702. The van der Waals surface area contributed by atoms with Crippen LogP contribution < -0.4 is 0 Å². The Labute approximate surface area is 112 Å². The second-order valence-corrected chi connectivity index (χ2v) is 5.72. The number of para-hydroxylation sites is 1. The Morgan fingerprint density at radius 1 is 1.32 bits per heavy atom. The molecule has 0 spiro atoms. The minimum Gasteiger partial charge on any atom is -0.393 e. The van der Waals surface area contributed by atoms with Gasteiger partial charge in [0.15, 0.2) is 0 Å². The predicted molar refractivity (Wildman–Crippen MR) is 74.5 cm³/mol. The molecule has 1 aliphatic carbocycles. The highest BCUT2D eigenvalue weighted by atomic mass is 19.1. The topological polar surface area (TPSA) is 25.2 Å². The van der Waals surface area contributed by atoms with E-state index in [-0.39, 0.29) is 11.9 Å². The molecule has 2 atom stereocenters. The largest absolute Gasteiger partial charge is 0.393 e. The first-order chi connectivity index (χ1) is 9.16. The molecule has 1 N–H and O–H groups in total. The molecule has 2 nitrogen and oxygen atoms in total. The summed E-state index contributed by atoms with van der Waals surface area (Å²) in [5, 5.41) is 11.1. The van der Waals surface area contributed by atoms with Crippen LogP contribution in [-0.2, 0) is 13.5 Å². The Morgan fingerprint density at radius 2 is 2.11 bits per heavy atom. The van der Waals surface area contributed by atoms with Gasteiger partial charge in [0, 0.05) is 18.6 Å². The minimum absolute atomic E-state index is 0.171. The fourth-order valence-corrected chi connectivity index (χ4v) is 3.37. The molecule has 1 aromatic heterocycles. The number of nitrogens with zero attached hydrogens (tertiary/aromatic N) is 1. The lowest BCUT2D eigenvalue weighted by atomic mass is 9.82. The molecule has 1 fully saturated rings. The number of hydrogen-bond acceptors (Lipinski definition) is 1. The van der Waals surface area contributed by atoms with E-state index in [1.54, 1.807) is 6.07 Å². The van der Waals surface area contributed by atoms with Crippen LogP contribution in [0.3, 0.4) is 0 Å². The number of aliphatic hydroxyl groups is 1. The Kier molecular flexibility index (Phi) is 3.31. The second-order valence-electron chi connectivity index (χ2n) is 5.72. The summed E-state index contributed by atoms with van der Waals surface area (Å²) in [7, 11) is 1.88. The van der Waals surface area contributed by atoms with Crippen LogP contribution in [0.15, 0.2) is 24.4 Å². The van der Waals surface area contributed by atoms with E-state index >= 15 is 0 Å². The van der Waals surface area contributed by atoms with Crippen molar-refractivity contribution in [3.8, 4) is 0 Å². The van der Waals surface area contributed by atoms with Crippen LogP contribution in [0.25, 0.3) is 10.9 Å². The number of rotatable bonds is 2. The van der Waals surface area contributed by atoms with Crippen LogP contribution in [0, 0.1) is 11.7 Å². The number of fused-ring (bicyclic) bond motifs is 1. The number of aromatic nitrogens is 1. The first-order valence-corrected chi connectivity index (χ1v) is 7.07. The molecular weight excluding hydrogens is 241 g/mol. The van der Waals surface area contributed by atoms with E-state index in [0.29, 0.717) is 11.4 Å². The fraction of sp³-hybridized carbons (Fsp3) is 0.500. The third-order valence-electron chi connectivity index (χ3n) is 4.39. The molecule has 2 aromatic rings. The Balaban J connectivity index is 1.95. The normalized spacial score (nSPS) is 23.9. The smallest absolute Gasteiger partial charge is 0.147 e. The van der Waals surface area contributed by atoms with Crippen molar-refractivity contribution >= 4 is 10.9 Å². The minimum atomic E-state index is -0.197. The highest BCUT2D eigenvalue weighted by molar-refractivity contribution is 5.84. The van der Waals surface area contributed by atoms with Gasteiger partial charge in [-0.15, -0.1) is 0 Å². The van der Waals surface area contributed by atoms with Crippen molar-refractivity contribution in [2.24, 2.45) is 13.0 Å². The molecule has 1 aromatic carbocycles. The SMILES string of the molecule is Cn1cc(CC2CCCCC2O)c2cccc(F)c21. The summed E-state index contributed by atoms with van der Waals surface area (Å²) >= 11 is 0. The van der Waals surface area contributed by atoms with Crippen LogP contribution in [0.5, 0.6) is 0 Å². The van der Waals surface area contributed by atoms with Gasteiger partial charge in [-0.1, -0.05) is 25.0 Å². The third-order valence-corrected chi connectivity index (χ3v) is 4.39. The molecule has 19 heavy (non-hydrogen) atoms. The van der Waals surface area contributed by atoms with Crippen LogP contribution in [0.2, 0.25) is 0 Å². The molecule has 3 rings (SSSR count). The average Bonchev–Trinajstić information content (AvgIpc) is 2.71. The van der Waals surface area contributed by atoms with Crippen molar-refractivity contribution in [2.45, 2.75) is 38.2 Å². The van der Waals surface area contributed by atoms with Crippen LogP contribution in [0.1, 0.15) is 31.2 Å². The maximum Gasteiger partial charge on any atom is 0.147 e. The summed E-state index contributed by atoms with van der Waals surface area (Å²) in [6.07, 6.45) is 6.97. The first-order valence-electron chi connectivity index (χ1n) is 7.07. The van der Waals surface area contributed by atoms with Crippen molar-refractivity contribution in [1.82, 2.24) is 4.57 Å². The van der Waals surface area contributed by atoms with Gasteiger partial charge in [-0.25, -0.2) is 4.39 Å². The number of aryl methyl sites for hydroxylation is 1. The molecule has 0 saturated heterocycles. The number of benzene rings is 1. The zero-order valence-electron chi connectivity index (χ0n) is 11.3. The van der Waals surface area contributed by atoms with E-state index in [1.165, 1.54) is 12.5 Å². The summed E-state index contributed by atoms with van der Waals surface area (Å²) in [5.41, 5.74) is 1.82. The van der Waals surface area contributed by atoms with Crippen molar-refractivity contribution < 1.29 is 9.50 Å². The van der Waals surface area contributed by atoms with Gasteiger partial charge in [-0.05, 0) is 36.8 Å². The van der Waals surface area contributed by atoms with Crippen molar-refractivity contribution in [3.05, 3.63) is 35.8 Å². The van der Waals surface area contributed by atoms with Crippen LogP contribution in [0.4, 0.5) is 4.39 Å². The van der Waals surface area contributed by atoms with Crippen molar-refractivity contribution in [3.63, 3.8) is 0 Å². The summed E-state index contributed by atoms with van der Waals surface area (Å²) in [6, 6.07) is 5.24. The van der Waals surface area contributed by atoms with E-state index in [1.807, 2.05) is 23.9 Å². The van der Waals surface area contributed by atoms with E-state index in [9.17, 15) is 9.50 Å². The molecule has 0 amide bonds. The van der Waals surface area contributed by atoms with Gasteiger partial charge < -0.3 is 9.67 Å². The van der Waals surface area contributed by atoms with E-state index < -0.39 is 0 Å². The summed E-state index contributed by atoms with van der Waals surface area (Å²) in [6.45, 7) is 0. The Hall–Kier alpha value is -1.35. The van der Waals surface area contributed by atoms with Gasteiger partial charge in [0.05, 0.1) is 11.6 Å². The zero-order chi connectivity index (χ0) is 13.4. The van der Waals surface area contributed by atoms with Gasteiger partial charge in [0.1, 0.15) is 5.82 Å². The van der Waals surface area contributed by atoms with E-state index in [2.05, 4.69) is 0 Å². The maximum absolute atomic E-state index is 13.8. The Morgan fingerprint density at radius 3 is 2.89 bits per heavy atom. The molecular formula is C16H20FNO. The Bertz CT molecular complexity index is 590. The highest BCUT2D eigenvalue weighted by Crippen LogP contribution is 2.31. The average molecular weight is 261 g/mol. The molecule has 1 heterocycles. The summed E-state index contributed by atoms with van der Waals surface area (Å²) in [4.78, 5) is 0. The monoisotopic (exact) mass is 261 g/mol. The third kappa shape index (κ3) is 2.27. The number of hydrogen-bond donors (Lipinski definition) is 1. The molecule has 2 unspecified atom stereocenters. The second kappa shape index (κ2) is 4.97. The molecule has 0 aliphatic heterocycles. The zero-order valence-corrected chi connectivity index (χ0v) is 11.3. The van der Waals surface area contributed by atoms with E-state index in [4.69, 9.17) is 0 Å². The molecule has 102 valence electrons. The lowest BCUT2D eigenvalue weighted by Crippen LogP contribution is -2.26. The van der Waals surface area contributed by atoms with Crippen LogP contribution in [-0.4, -0.2) is 15.8 Å².